The molecule has 28 heavy (non-hydrogen) atoms. The number of pyridine rings is 1. The standard InChI is InChI=1S/C20H21N5O2S/c1-2-27-19(26)16-4-3-5-17(12-16)23-20(28)25-10-8-24(9-11-25)18-7-6-15(13-21)14-22-18/h3-7,12,14H,2,8-11H2,1H3,(H,23,28). The van der Waals surface area contributed by atoms with Crippen LogP contribution in [0.3, 0.4) is 0 Å². The molecule has 0 saturated carbocycles. The lowest BCUT2D eigenvalue weighted by molar-refractivity contribution is 0.0526. The van der Waals surface area contributed by atoms with E-state index < -0.39 is 0 Å². The highest BCUT2D eigenvalue weighted by Crippen LogP contribution is 2.16. The first-order valence-electron chi connectivity index (χ1n) is 9.05. The molecular weight excluding hydrogens is 374 g/mol. The number of piperazine rings is 1. The van der Waals surface area contributed by atoms with Crippen molar-refractivity contribution in [2.24, 2.45) is 0 Å². The van der Waals surface area contributed by atoms with Crippen LogP contribution >= 0.6 is 12.2 Å². The van der Waals surface area contributed by atoms with E-state index in [1.54, 1.807) is 37.4 Å². The number of ether oxygens (including phenoxy) is 1. The van der Waals surface area contributed by atoms with Crippen LogP contribution in [0.4, 0.5) is 11.5 Å². The highest BCUT2D eigenvalue weighted by Gasteiger charge is 2.20. The third-order valence-corrected chi connectivity index (χ3v) is 4.75. The summed E-state index contributed by atoms with van der Waals surface area (Å²) in [5.74, 6) is 0.514. The second kappa shape index (κ2) is 9.15. The van der Waals surface area contributed by atoms with Gasteiger partial charge in [0.05, 0.1) is 17.7 Å². The Labute approximate surface area is 169 Å². The molecule has 0 spiro atoms. The quantitative estimate of drug-likeness (QED) is 0.625. The Balaban J connectivity index is 1.56. The lowest BCUT2D eigenvalue weighted by Gasteiger charge is -2.36. The van der Waals surface area contributed by atoms with E-state index in [4.69, 9.17) is 22.2 Å². The van der Waals surface area contributed by atoms with Crippen LogP contribution in [0.25, 0.3) is 0 Å². The SMILES string of the molecule is CCOC(=O)c1cccc(NC(=S)N2CCN(c3ccc(C#N)cn3)CC2)c1. The van der Waals surface area contributed by atoms with Crippen molar-refractivity contribution in [1.29, 1.82) is 5.26 Å². The number of carbonyl (C=O) groups excluding carboxylic acids is 1. The first-order chi connectivity index (χ1) is 13.6. The van der Waals surface area contributed by atoms with Crippen LogP contribution in [0, 0.1) is 11.3 Å². The van der Waals surface area contributed by atoms with Gasteiger partial charge in [-0.1, -0.05) is 6.07 Å². The van der Waals surface area contributed by atoms with Crippen molar-refractivity contribution in [3.8, 4) is 6.07 Å². The van der Waals surface area contributed by atoms with Crippen molar-refractivity contribution >= 4 is 34.8 Å². The Bertz CT molecular complexity index is 886. The van der Waals surface area contributed by atoms with Gasteiger partial charge in [-0.05, 0) is 49.5 Å². The first kappa shape index (κ1) is 19.6. The molecule has 2 heterocycles. The van der Waals surface area contributed by atoms with Gasteiger partial charge in [-0.2, -0.15) is 5.26 Å². The van der Waals surface area contributed by atoms with Crippen LogP contribution in [0.1, 0.15) is 22.8 Å². The number of nitrogens with zero attached hydrogens (tertiary/aromatic N) is 4. The molecule has 0 atom stereocenters. The van der Waals surface area contributed by atoms with Crippen LogP contribution in [-0.4, -0.2) is 53.8 Å². The summed E-state index contributed by atoms with van der Waals surface area (Å²) in [7, 11) is 0. The predicted octanol–water partition coefficient (Wildman–Crippen LogP) is 2.65. The molecule has 3 rings (SSSR count). The topological polar surface area (TPSA) is 81.5 Å². The summed E-state index contributed by atoms with van der Waals surface area (Å²) in [6.45, 7) is 5.19. The molecule has 1 aliphatic heterocycles. The summed E-state index contributed by atoms with van der Waals surface area (Å²) >= 11 is 5.53. The van der Waals surface area contributed by atoms with Gasteiger partial charge >= 0.3 is 5.97 Å². The van der Waals surface area contributed by atoms with Crippen LogP contribution in [0.15, 0.2) is 42.6 Å². The number of thiocarbonyl (C=S) groups is 1. The number of nitriles is 1. The molecule has 0 radical (unpaired) electrons. The van der Waals surface area contributed by atoms with Crippen molar-refractivity contribution < 1.29 is 9.53 Å². The molecule has 144 valence electrons. The fourth-order valence-electron chi connectivity index (χ4n) is 2.92. The summed E-state index contributed by atoms with van der Waals surface area (Å²) < 4.78 is 5.03. The van der Waals surface area contributed by atoms with E-state index in [1.165, 1.54) is 0 Å². The maximum absolute atomic E-state index is 11.9. The molecule has 1 aromatic carbocycles. The van der Waals surface area contributed by atoms with E-state index in [9.17, 15) is 4.79 Å². The third-order valence-electron chi connectivity index (χ3n) is 4.39. The molecule has 0 unspecified atom stereocenters. The molecular formula is C20H21N5O2S. The minimum atomic E-state index is -0.347. The van der Waals surface area contributed by atoms with Crippen molar-refractivity contribution in [2.75, 3.05) is 43.0 Å². The average Bonchev–Trinajstić information content (AvgIpc) is 2.74. The monoisotopic (exact) mass is 395 g/mol. The van der Waals surface area contributed by atoms with Gasteiger partial charge in [-0.25, -0.2) is 9.78 Å². The largest absolute Gasteiger partial charge is 0.462 e. The Morgan fingerprint density at radius 1 is 1.29 bits per heavy atom. The maximum atomic E-state index is 11.9. The highest BCUT2D eigenvalue weighted by atomic mass is 32.1. The molecule has 8 heteroatoms. The van der Waals surface area contributed by atoms with E-state index in [-0.39, 0.29) is 5.97 Å². The van der Waals surface area contributed by atoms with E-state index in [0.717, 1.165) is 37.7 Å². The summed E-state index contributed by atoms with van der Waals surface area (Å²) in [6.07, 6.45) is 1.59. The number of rotatable bonds is 4. The van der Waals surface area contributed by atoms with E-state index in [2.05, 4.69) is 26.2 Å². The summed E-state index contributed by atoms with van der Waals surface area (Å²) in [6, 6.07) is 12.8. The second-order valence-corrected chi connectivity index (χ2v) is 6.61. The fourth-order valence-corrected chi connectivity index (χ4v) is 3.22. The van der Waals surface area contributed by atoms with Crippen molar-refractivity contribution in [3.63, 3.8) is 0 Å². The Morgan fingerprint density at radius 2 is 2.07 bits per heavy atom. The summed E-state index contributed by atoms with van der Waals surface area (Å²) in [5, 5.41) is 12.7. The molecule has 1 fully saturated rings. The Hall–Kier alpha value is -3.18. The summed E-state index contributed by atoms with van der Waals surface area (Å²) in [4.78, 5) is 20.5. The molecule has 1 N–H and O–H groups in total. The number of carbonyl (C=O) groups is 1. The first-order valence-corrected chi connectivity index (χ1v) is 9.45. The van der Waals surface area contributed by atoms with Gasteiger partial charge in [0.2, 0.25) is 0 Å². The van der Waals surface area contributed by atoms with E-state index in [1.807, 2.05) is 12.1 Å². The minimum Gasteiger partial charge on any atom is -0.462 e. The lowest BCUT2D eigenvalue weighted by atomic mass is 10.2. The van der Waals surface area contributed by atoms with Crippen molar-refractivity contribution in [3.05, 3.63) is 53.7 Å². The molecule has 7 nitrogen and oxygen atoms in total. The Kier molecular flexibility index (Phi) is 6.40. The number of benzene rings is 1. The molecule has 1 aliphatic rings. The zero-order chi connectivity index (χ0) is 19.9. The number of hydrogen-bond donors (Lipinski definition) is 1. The van der Waals surface area contributed by atoms with Gasteiger partial charge in [0.15, 0.2) is 5.11 Å². The minimum absolute atomic E-state index is 0.341. The van der Waals surface area contributed by atoms with Crippen LogP contribution < -0.4 is 10.2 Å². The smallest absolute Gasteiger partial charge is 0.338 e. The molecule has 0 aliphatic carbocycles. The van der Waals surface area contributed by atoms with Crippen LogP contribution in [0.2, 0.25) is 0 Å². The normalized spacial score (nSPS) is 13.6. The number of anilines is 2. The van der Waals surface area contributed by atoms with Crippen LogP contribution in [0.5, 0.6) is 0 Å². The van der Waals surface area contributed by atoms with Gasteiger partial charge < -0.3 is 19.9 Å². The zero-order valence-electron chi connectivity index (χ0n) is 15.6. The third kappa shape index (κ3) is 4.75. The summed E-state index contributed by atoms with van der Waals surface area (Å²) in [5.41, 5.74) is 1.80. The van der Waals surface area contributed by atoms with E-state index in [0.29, 0.717) is 22.8 Å². The maximum Gasteiger partial charge on any atom is 0.338 e. The molecule has 0 amide bonds. The van der Waals surface area contributed by atoms with E-state index >= 15 is 0 Å². The van der Waals surface area contributed by atoms with Gasteiger partial charge in [0, 0.05) is 38.1 Å². The van der Waals surface area contributed by atoms with Crippen LogP contribution in [-0.2, 0) is 4.74 Å². The molecule has 0 bridgehead atoms. The Morgan fingerprint density at radius 3 is 2.71 bits per heavy atom. The second-order valence-electron chi connectivity index (χ2n) is 6.22. The highest BCUT2D eigenvalue weighted by molar-refractivity contribution is 7.80. The number of nitrogens with one attached hydrogen (secondary N) is 1. The zero-order valence-corrected chi connectivity index (χ0v) is 16.4. The lowest BCUT2D eigenvalue weighted by Crippen LogP contribution is -2.50. The number of hydrogen-bond acceptors (Lipinski definition) is 6. The molecule has 1 saturated heterocycles. The predicted molar refractivity (Wildman–Crippen MR) is 111 cm³/mol. The number of aromatic nitrogens is 1. The molecule has 2 aromatic rings. The van der Waals surface area contributed by atoms with Gasteiger partial charge in [-0.3, -0.25) is 0 Å². The molecule has 1 aromatic heterocycles. The van der Waals surface area contributed by atoms with Gasteiger partial charge in [0.25, 0.3) is 0 Å². The van der Waals surface area contributed by atoms with Gasteiger partial charge in [0.1, 0.15) is 11.9 Å². The number of esters is 1. The van der Waals surface area contributed by atoms with Crippen molar-refractivity contribution in [2.45, 2.75) is 6.92 Å². The van der Waals surface area contributed by atoms with Crippen molar-refractivity contribution in [1.82, 2.24) is 9.88 Å². The fraction of sp³-hybridized carbons (Fsp3) is 0.300. The van der Waals surface area contributed by atoms with Gasteiger partial charge in [-0.15, -0.1) is 0 Å². The average molecular weight is 395 g/mol.